The molecular formula is C21H17ClN2O4S. The topological polar surface area (TPSA) is 79.6 Å². The molecule has 8 heteroatoms. The molecule has 1 spiro atoms. The summed E-state index contributed by atoms with van der Waals surface area (Å²) in [5, 5.41) is 6.03. The molecule has 1 atom stereocenters. The fourth-order valence-electron chi connectivity index (χ4n) is 4.33. The number of nitrogens with zero attached hydrogens (tertiary/aromatic N) is 1. The zero-order valence-corrected chi connectivity index (χ0v) is 17.2. The highest BCUT2D eigenvalue weighted by Gasteiger charge is 2.54. The Labute approximate surface area is 175 Å². The van der Waals surface area contributed by atoms with E-state index in [4.69, 9.17) is 16.0 Å². The van der Waals surface area contributed by atoms with Crippen LogP contribution in [0.15, 0.2) is 38.9 Å². The van der Waals surface area contributed by atoms with Gasteiger partial charge in [0.05, 0.1) is 6.54 Å². The summed E-state index contributed by atoms with van der Waals surface area (Å²) in [4.78, 5) is 40.6. The summed E-state index contributed by atoms with van der Waals surface area (Å²) in [7, 11) is 0. The molecule has 5 rings (SSSR count). The highest BCUT2D eigenvalue weighted by molar-refractivity contribution is 7.10. The fourth-order valence-corrected chi connectivity index (χ4v) is 5.50. The molecule has 148 valence electrons. The molecule has 29 heavy (non-hydrogen) atoms. The van der Waals surface area contributed by atoms with Gasteiger partial charge < -0.3 is 9.73 Å². The van der Waals surface area contributed by atoms with Gasteiger partial charge in [-0.25, -0.2) is 9.59 Å². The van der Waals surface area contributed by atoms with E-state index in [2.05, 4.69) is 5.32 Å². The van der Waals surface area contributed by atoms with Crippen molar-refractivity contribution in [3.05, 3.63) is 66.7 Å². The quantitative estimate of drug-likeness (QED) is 0.492. The highest BCUT2D eigenvalue weighted by Crippen LogP contribution is 2.42. The second-order valence-electron chi connectivity index (χ2n) is 7.53. The van der Waals surface area contributed by atoms with Gasteiger partial charge in [-0.2, -0.15) is 0 Å². The molecule has 2 aliphatic rings. The molecule has 2 aromatic heterocycles. The Morgan fingerprint density at radius 1 is 1.28 bits per heavy atom. The lowest BCUT2D eigenvalue weighted by atomic mass is 9.80. The Balaban J connectivity index is 1.57. The molecule has 0 unspecified atom stereocenters. The van der Waals surface area contributed by atoms with E-state index in [1.807, 2.05) is 18.4 Å². The van der Waals surface area contributed by atoms with Crippen LogP contribution in [0, 0.1) is 6.92 Å². The van der Waals surface area contributed by atoms with E-state index < -0.39 is 17.2 Å². The van der Waals surface area contributed by atoms with Crippen LogP contribution in [0.25, 0.3) is 11.0 Å². The summed E-state index contributed by atoms with van der Waals surface area (Å²) in [6, 6.07) is 6.19. The summed E-state index contributed by atoms with van der Waals surface area (Å²) >= 11 is 7.87. The normalized spacial score (nSPS) is 21.1. The number of aryl methyl sites for hydroxylation is 2. The monoisotopic (exact) mass is 428 g/mol. The smallest absolute Gasteiger partial charge is 0.336 e. The maximum atomic E-state index is 13.4. The van der Waals surface area contributed by atoms with Gasteiger partial charge in [0.1, 0.15) is 11.1 Å². The van der Waals surface area contributed by atoms with Crippen molar-refractivity contribution < 1.29 is 14.0 Å². The third-order valence-corrected chi connectivity index (χ3v) is 7.16. The lowest BCUT2D eigenvalue weighted by Gasteiger charge is -2.31. The fraction of sp³-hybridized carbons (Fsp3) is 0.286. The van der Waals surface area contributed by atoms with Gasteiger partial charge >= 0.3 is 11.7 Å². The summed E-state index contributed by atoms with van der Waals surface area (Å²) in [5.74, 6) is -0.276. The first-order valence-electron chi connectivity index (χ1n) is 9.33. The van der Waals surface area contributed by atoms with Crippen LogP contribution in [0.3, 0.4) is 0 Å². The number of carbonyl (C=O) groups excluding carboxylic acids is 2. The van der Waals surface area contributed by atoms with Crippen LogP contribution in [0.1, 0.15) is 34.4 Å². The molecule has 0 bridgehead atoms. The first-order chi connectivity index (χ1) is 13.9. The van der Waals surface area contributed by atoms with Crippen molar-refractivity contribution in [2.24, 2.45) is 0 Å². The van der Waals surface area contributed by atoms with Gasteiger partial charge in [0.25, 0.3) is 5.91 Å². The maximum absolute atomic E-state index is 13.4. The maximum Gasteiger partial charge on any atom is 0.336 e. The van der Waals surface area contributed by atoms with Crippen molar-refractivity contribution in [1.82, 2.24) is 10.2 Å². The Hall–Kier alpha value is -2.64. The third kappa shape index (κ3) is 2.72. The van der Waals surface area contributed by atoms with Gasteiger partial charge in [-0.3, -0.25) is 9.69 Å². The Bertz CT molecular complexity index is 1250. The minimum atomic E-state index is -1.01. The molecule has 1 aromatic carbocycles. The lowest BCUT2D eigenvalue weighted by Crippen LogP contribution is -2.46. The van der Waals surface area contributed by atoms with Gasteiger partial charge in [0.15, 0.2) is 0 Å². The van der Waals surface area contributed by atoms with Crippen LogP contribution < -0.4 is 10.9 Å². The lowest BCUT2D eigenvalue weighted by molar-refractivity contribution is -0.132. The Morgan fingerprint density at radius 2 is 2.10 bits per heavy atom. The Kier molecular flexibility index (Phi) is 4.08. The number of carbonyl (C=O) groups is 2. The number of fused-ring (bicyclic) bond motifs is 3. The zero-order chi connectivity index (χ0) is 20.3. The number of thiophene rings is 1. The zero-order valence-electron chi connectivity index (χ0n) is 15.6. The molecule has 1 fully saturated rings. The van der Waals surface area contributed by atoms with Crippen molar-refractivity contribution >= 4 is 45.8 Å². The number of amides is 3. The number of halogens is 1. The second kappa shape index (κ2) is 6.43. The average Bonchev–Trinajstić information content (AvgIpc) is 3.24. The van der Waals surface area contributed by atoms with Gasteiger partial charge in [0, 0.05) is 26.9 Å². The van der Waals surface area contributed by atoms with Crippen molar-refractivity contribution in [2.45, 2.75) is 38.3 Å². The molecule has 3 aromatic rings. The van der Waals surface area contributed by atoms with Crippen molar-refractivity contribution in [1.29, 1.82) is 0 Å². The van der Waals surface area contributed by atoms with E-state index in [1.54, 1.807) is 23.5 Å². The largest absolute Gasteiger partial charge is 0.423 e. The van der Waals surface area contributed by atoms with Crippen molar-refractivity contribution in [3.63, 3.8) is 0 Å². The number of hydrogen-bond acceptors (Lipinski definition) is 5. The first-order valence-corrected chi connectivity index (χ1v) is 10.6. The van der Waals surface area contributed by atoms with Crippen LogP contribution in [0.2, 0.25) is 5.02 Å². The number of imide groups is 1. The summed E-state index contributed by atoms with van der Waals surface area (Å²) in [5.41, 5.74) is 1.04. The molecule has 1 aliphatic heterocycles. The van der Waals surface area contributed by atoms with Gasteiger partial charge in [-0.05, 0) is 60.9 Å². The predicted molar refractivity (Wildman–Crippen MR) is 110 cm³/mol. The number of benzene rings is 1. The SMILES string of the molecule is Cc1cc2oc(=O)cc(CN3C(=O)N[C@]4(CCCc5sccc54)C3=O)c2cc1Cl. The molecule has 1 aliphatic carbocycles. The standard InChI is InChI=1S/C21H17ClN2O4S/c1-11-7-16-13(9-15(11)22)12(8-18(25)28-16)10-24-19(26)21(23-20(24)27)5-2-3-17-14(21)4-6-29-17/h4,6-9H,2-3,5,10H2,1H3,(H,23,27)/t21-/m0/s1. The number of hydrogen-bond donors (Lipinski definition) is 1. The van der Waals surface area contributed by atoms with Crippen LogP contribution >= 0.6 is 22.9 Å². The van der Waals surface area contributed by atoms with E-state index in [0.717, 1.165) is 28.8 Å². The van der Waals surface area contributed by atoms with Crippen molar-refractivity contribution in [2.75, 3.05) is 0 Å². The molecule has 0 saturated carbocycles. The molecule has 1 N–H and O–H groups in total. The molecule has 0 radical (unpaired) electrons. The summed E-state index contributed by atoms with van der Waals surface area (Å²) in [6.45, 7) is 1.80. The Morgan fingerprint density at radius 3 is 2.93 bits per heavy atom. The number of nitrogens with one attached hydrogen (secondary N) is 1. The first kappa shape index (κ1) is 18.4. The van der Waals surface area contributed by atoms with Gasteiger partial charge in [-0.1, -0.05) is 11.6 Å². The molecule has 6 nitrogen and oxygen atoms in total. The summed E-state index contributed by atoms with van der Waals surface area (Å²) < 4.78 is 5.29. The van der Waals surface area contributed by atoms with Crippen LogP contribution in [0.5, 0.6) is 0 Å². The molecule has 3 amide bonds. The summed E-state index contributed by atoms with van der Waals surface area (Å²) in [6.07, 6.45) is 2.32. The van der Waals surface area contributed by atoms with E-state index in [0.29, 0.717) is 28.0 Å². The number of rotatable bonds is 2. The van der Waals surface area contributed by atoms with Crippen LogP contribution in [-0.2, 0) is 23.3 Å². The second-order valence-corrected chi connectivity index (χ2v) is 8.93. The molecule has 3 heterocycles. The number of urea groups is 1. The van der Waals surface area contributed by atoms with E-state index in [9.17, 15) is 14.4 Å². The average molecular weight is 429 g/mol. The van der Waals surface area contributed by atoms with Gasteiger partial charge in [0.2, 0.25) is 0 Å². The van der Waals surface area contributed by atoms with Crippen molar-refractivity contribution in [3.8, 4) is 0 Å². The minimum Gasteiger partial charge on any atom is -0.423 e. The van der Waals surface area contributed by atoms with Gasteiger partial charge in [-0.15, -0.1) is 11.3 Å². The molecular weight excluding hydrogens is 412 g/mol. The van der Waals surface area contributed by atoms with E-state index in [1.165, 1.54) is 11.0 Å². The van der Waals surface area contributed by atoms with E-state index in [-0.39, 0.29) is 12.5 Å². The predicted octanol–water partition coefficient (Wildman–Crippen LogP) is 4.10. The van der Waals surface area contributed by atoms with Crippen LogP contribution in [0.4, 0.5) is 4.79 Å². The highest BCUT2D eigenvalue weighted by atomic mass is 35.5. The third-order valence-electron chi connectivity index (χ3n) is 5.77. The van der Waals surface area contributed by atoms with E-state index >= 15 is 0 Å². The molecule has 1 saturated heterocycles. The minimum absolute atomic E-state index is 0.0205. The van der Waals surface area contributed by atoms with Crippen LogP contribution in [-0.4, -0.2) is 16.8 Å².